The Balaban J connectivity index is 1.49. The minimum atomic E-state index is -0.738. The fraction of sp³-hybridized carbons (Fsp3) is 0.333. The molecule has 0 saturated heterocycles. The second kappa shape index (κ2) is 9.93. The summed E-state index contributed by atoms with van der Waals surface area (Å²) >= 11 is 6.30. The molecule has 0 N–H and O–H groups in total. The molecule has 0 radical (unpaired) electrons. The first-order chi connectivity index (χ1) is 16.9. The van der Waals surface area contributed by atoms with Gasteiger partial charge in [0, 0.05) is 36.5 Å². The number of nitrogens with zero attached hydrogens (tertiary/aromatic N) is 2. The summed E-state index contributed by atoms with van der Waals surface area (Å²) in [4.78, 5) is 27.1. The molecular formula is C27H27ClF2N2O4. The number of hydrogen-bond acceptors (Lipinski definition) is 4. The third-order valence-corrected chi connectivity index (χ3v) is 6.15. The van der Waals surface area contributed by atoms with Gasteiger partial charge in [-0.05, 0) is 56.5 Å². The number of benzene rings is 2. The molecule has 0 saturated carbocycles. The van der Waals surface area contributed by atoms with Crippen molar-refractivity contribution in [1.82, 2.24) is 9.47 Å². The summed E-state index contributed by atoms with van der Waals surface area (Å²) in [5.41, 5.74) is 2.64. The summed E-state index contributed by atoms with van der Waals surface area (Å²) in [6.45, 7) is 8.21. The molecule has 0 fully saturated rings. The molecule has 0 aliphatic carbocycles. The number of rotatable bonds is 5. The molecule has 1 aromatic heterocycles. The zero-order chi connectivity index (χ0) is 26.2. The Bertz CT molecular complexity index is 1380. The van der Waals surface area contributed by atoms with Gasteiger partial charge in [0.1, 0.15) is 34.6 Å². The lowest BCUT2D eigenvalue weighted by Gasteiger charge is -2.24. The van der Waals surface area contributed by atoms with Crippen LogP contribution in [-0.4, -0.2) is 21.2 Å². The number of aromatic nitrogens is 1. The highest BCUT2D eigenvalue weighted by Crippen LogP contribution is 2.27. The normalized spacial score (nSPS) is 13.0. The lowest BCUT2D eigenvalue weighted by Crippen LogP contribution is -2.33. The topological polar surface area (TPSA) is 60.8 Å². The van der Waals surface area contributed by atoms with Crippen LogP contribution in [0, 0.1) is 18.6 Å². The van der Waals surface area contributed by atoms with Crippen molar-refractivity contribution in [3.05, 3.63) is 97.4 Å². The monoisotopic (exact) mass is 516 g/mol. The second-order valence-electron chi connectivity index (χ2n) is 9.82. The predicted octanol–water partition coefficient (Wildman–Crippen LogP) is 5.97. The molecule has 1 aliphatic rings. The van der Waals surface area contributed by atoms with Gasteiger partial charge in [0.15, 0.2) is 0 Å². The van der Waals surface area contributed by atoms with Crippen LogP contribution in [0.5, 0.6) is 5.75 Å². The van der Waals surface area contributed by atoms with Crippen LogP contribution in [0.2, 0.25) is 5.02 Å². The van der Waals surface area contributed by atoms with Gasteiger partial charge in [0.05, 0.1) is 6.54 Å². The first-order valence-electron chi connectivity index (χ1n) is 11.5. The van der Waals surface area contributed by atoms with E-state index in [-0.39, 0.29) is 35.6 Å². The summed E-state index contributed by atoms with van der Waals surface area (Å²) in [6, 6.07) is 10.6. The fourth-order valence-electron chi connectivity index (χ4n) is 4.00. The van der Waals surface area contributed by atoms with E-state index in [4.69, 9.17) is 21.1 Å². The number of carbonyl (C=O) groups is 1. The van der Waals surface area contributed by atoms with E-state index in [0.717, 1.165) is 28.8 Å². The molecular weight excluding hydrogens is 490 g/mol. The van der Waals surface area contributed by atoms with Crippen LogP contribution in [0.15, 0.2) is 47.3 Å². The quantitative estimate of drug-likeness (QED) is 0.419. The second-order valence-corrected chi connectivity index (χ2v) is 10.2. The maximum atomic E-state index is 13.9. The van der Waals surface area contributed by atoms with Crippen molar-refractivity contribution in [3.8, 4) is 5.75 Å². The fourth-order valence-corrected chi connectivity index (χ4v) is 4.21. The zero-order valence-corrected chi connectivity index (χ0v) is 21.3. The maximum absolute atomic E-state index is 13.9. The van der Waals surface area contributed by atoms with E-state index in [2.05, 4.69) is 0 Å². The smallest absolute Gasteiger partial charge is 0.410 e. The molecule has 0 bridgehead atoms. The number of amides is 1. The van der Waals surface area contributed by atoms with Gasteiger partial charge in [-0.2, -0.15) is 0 Å². The van der Waals surface area contributed by atoms with Gasteiger partial charge >= 0.3 is 6.09 Å². The van der Waals surface area contributed by atoms with Crippen LogP contribution in [0.1, 0.15) is 48.7 Å². The van der Waals surface area contributed by atoms with Crippen LogP contribution < -0.4 is 10.3 Å². The first kappa shape index (κ1) is 25.7. The molecule has 0 atom stereocenters. The van der Waals surface area contributed by atoms with Gasteiger partial charge in [-0.25, -0.2) is 13.6 Å². The highest BCUT2D eigenvalue weighted by atomic mass is 35.5. The molecule has 2 heterocycles. The maximum Gasteiger partial charge on any atom is 0.410 e. The van der Waals surface area contributed by atoms with Gasteiger partial charge in [0.2, 0.25) is 0 Å². The van der Waals surface area contributed by atoms with Crippen LogP contribution in [0.3, 0.4) is 0 Å². The van der Waals surface area contributed by atoms with Gasteiger partial charge < -0.3 is 14.0 Å². The Morgan fingerprint density at radius 2 is 1.78 bits per heavy atom. The number of hydrogen-bond donors (Lipinski definition) is 0. The molecule has 3 aromatic rings. The minimum absolute atomic E-state index is 0.125. The van der Waals surface area contributed by atoms with Crippen molar-refractivity contribution in [2.24, 2.45) is 0 Å². The third-order valence-electron chi connectivity index (χ3n) is 5.80. The van der Waals surface area contributed by atoms with Gasteiger partial charge in [-0.1, -0.05) is 29.8 Å². The molecule has 0 spiro atoms. The number of ether oxygens (including phenoxy) is 2. The SMILES string of the molecule is Cc1cc(OCc2ccc(F)cc2F)c(Cl)c(=O)n1Cc1ccc2c(c1)CN(C(=O)OC(C)(C)C)C2. The molecule has 190 valence electrons. The first-order valence-corrected chi connectivity index (χ1v) is 11.8. The van der Waals surface area contributed by atoms with Gasteiger partial charge in [-0.3, -0.25) is 9.69 Å². The number of fused-ring (bicyclic) bond motifs is 1. The average molecular weight is 517 g/mol. The lowest BCUT2D eigenvalue weighted by molar-refractivity contribution is 0.0242. The van der Waals surface area contributed by atoms with Crippen LogP contribution in [0.25, 0.3) is 0 Å². The van der Waals surface area contributed by atoms with Crippen molar-refractivity contribution >= 4 is 17.7 Å². The van der Waals surface area contributed by atoms with Crippen molar-refractivity contribution in [1.29, 1.82) is 0 Å². The Labute approximate surface area is 213 Å². The van der Waals surface area contributed by atoms with E-state index in [1.165, 1.54) is 10.6 Å². The van der Waals surface area contributed by atoms with E-state index < -0.39 is 22.8 Å². The molecule has 2 aromatic carbocycles. The van der Waals surface area contributed by atoms with E-state index >= 15 is 0 Å². The van der Waals surface area contributed by atoms with Crippen molar-refractivity contribution in [2.45, 2.75) is 59.5 Å². The molecule has 9 heteroatoms. The Kier molecular flexibility index (Phi) is 7.09. The highest BCUT2D eigenvalue weighted by Gasteiger charge is 2.28. The molecule has 4 rings (SSSR count). The van der Waals surface area contributed by atoms with Crippen LogP contribution >= 0.6 is 11.6 Å². The summed E-state index contributed by atoms with van der Waals surface area (Å²) in [7, 11) is 0. The standard InChI is InChI=1S/C27H27ClF2N2O4/c1-16-9-23(35-15-19-7-8-21(29)11-22(19)30)24(28)25(33)32(16)12-17-5-6-18-13-31(14-20(18)10-17)26(34)36-27(2,3)4/h5-11H,12-15H2,1-4H3. The van der Waals surface area contributed by atoms with Crippen LogP contribution in [0.4, 0.5) is 13.6 Å². The van der Waals surface area contributed by atoms with E-state index in [9.17, 15) is 18.4 Å². The van der Waals surface area contributed by atoms with Crippen molar-refractivity contribution in [2.75, 3.05) is 0 Å². The summed E-state index contributed by atoms with van der Waals surface area (Å²) < 4.78 is 39.6. The van der Waals surface area contributed by atoms with Crippen molar-refractivity contribution in [3.63, 3.8) is 0 Å². The summed E-state index contributed by atoms with van der Waals surface area (Å²) in [5.74, 6) is -1.30. The van der Waals surface area contributed by atoms with E-state index in [1.54, 1.807) is 17.9 Å². The largest absolute Gasteiger partial charge is 0.487 e. The highest BCUT2D eigenvalue weighted by molar-refractivity contribution is 6.31. The zero-order valence-electron chi connectivity index (χ0n) is 20.5. The van der Waals surface area contributed by atoms with Crippen LogP contribution in [-0.2, 0) is 31.0 Å². The average Bonchev–Trinajstić information content (AvgIpc) is 3.22. The Hall–Kier alpha value is -3.39. The van der Waals surface area contributed by atoms with E-state index in [0.29, 0.717) is 18.8 Å². The van der Waals surface area contributed by atoms with Crippen molar-refractivity contribution < 1.29 is 23.0 Å². The molecule has 1 amide bonds. The molecule has 36 heavy (non-hydrogen) atoms. The summed E-state index contributed by atoms with van der Waals surface area (Å²) in [6.07, 6.45) is -0.366. The van der Waals surface area contributed by atoms with Gasteiger partial charge in [-0.15, -0.1) is 0 Å². The number of halogens is 3. The molecule has 1 aliphatic heterocycles. The Morgan fingerprint density at radius 1 is 1.06 bits per heavy atom. The number of pyridine rings is 1. The van der Waals surface area contributed by atoms with E-state index in [1.807, 2.05) is 39.0 Å². The molecule has 6 nitrogen and oxygen atoms in total. The number of carbonyl (C=O) groups excluding carboxylic acids is 1. The predicted molar refractivity (Wildman–Crippen MR) is 132 cm³/mol. The Morgan fingerprint density at radius 3 is 2.47 bits per heavy atom. The van der Waals surface area contributed by atoms with Gasteiger partial charge in [0.25, 0.3) is 5.56 Å². The molecule has 0 unspecified atom stereocenters. The lowest BCUT2D eigenvalue weighted by atomic mass is 10.1. The third kappa shape index (κ3) is 5.70. The summed E-state index contributed by atoms with van der Waals surface area (Å²) in [5, 5.41) is -0.125. The minimum Gasteiger partial charge on any atom is -0.487 e. The number of aryl methyl sites for hydroxylation is 1.